The van der Waals surface area contributed by atoms with Crippen molar-refractivity contribution in [1.29, 1.82) is 0 Å². The summed E-state index contributed by atoms with van der Waals surface area (Å²) >= 11 is 5.75. The Labute approximate surface area is 112 Å². The molecule has 0 aromatic carbocycles. The first-order chi connectivity index (χ1) is 9.06. The van der Waals surface area contributed by atoms with Crippen LogP contribution in [0.1, 0.15) is 10.5 Å². The van der Waals surface area contributed by atoms with Gasteiger partial charge in [-0.3, -0.25) is 14.6 Å². The van der Waals surface area contributed by atoms with Crippen LogP contribution in [0, 0.1) is 0 Å². The molecule has 0 aliphatic carbocycles. The van der Waals surface area contributed by atoms with Gasteiger partial charge in [0.15, 0.2) is 18.0 Å². The van der Waals surface area contributed by atoms with E-state index >= 15 is 0 Å². The van der Waals surface area contributed by atoms with Gasteiger partial charge in [0.25, 0.3) is 5.56 Å². The van der Waals surface area contributed by atoms with Crippen LogP contribution in [0.4, 0.5) is 5.82 Å². The molecule has 0 amide bonds. The molecule has 0 aliphatic heterocycles. The minimum absolute atomic E-state index is 0.0212. The minimum Gasteiger partial charge on any atom is -0.482 e. The van der Waals surface area contributed by atoms with E-state index in [0.717, 1.165) is 0 Å². The third-order valence-corrected chi connectivity index (χ3v) is 2.74. The highest BCUT2D eigenvalue weighted by Gasteiger charge is 2.14. The van der Waals surface area contributed by atoms with E-state index in [1.54, 1.807) is 0 Å². The number of carbonyl (C=O) groups is 1. The number of methoxy groups -OCH3 is 1. The largest absolute Gasteiger partial charge is 0.482 e. The Morgan fingerprint density at radius 1 is 1.42 bits per heavy atom. The summed E-state index contributed by atoms with van der Waals surface area (Å²) in [5.41, 5.74) is 5.19. The van der Waals surface area contributed by atoms with E-state index in [4.69, 9.17) is 22.1 Å². The number of nitrogens with zero attached hydrogens (tertiary/aromatic N) is 2. The summed E-state index contributed by atoms with van der Waals surface area (Å²) in [7, 11) is 1.42. The zero-order valence-corrected chi connectivity index (χ0v) is 10.6. The summed E-state index contributed by atoms with van der Waals surface area (Å²) < 4.78 is 4.88. The molecule has 3 N–H and O–H groups in total. The Morgan fingerprint density at radius 2 is 2.16 bits per heavy atom. The number of carbonyl (C=O) groups excluding carboxylic acids is 1. The van der Waals surface area contributed by atoms with E-state index in [-0.39, 0.29) is 27.9 Å². The molecule has 0 unspecified atom stereocenters. The maximum atomic E-state index is 11.8. The number of ether oxygens (including phenoxy) is 1. The number of nitrogens with two attached hydrogens (primary N) is 1. The molecule has 0 saturated heterocycles. The molecule has 0 fully saturated rings. The molecule has 2 rings (SSSR count). The van der Waals surface area contributed by atoms with Crippen molar-refractivity contribution in [2.45, 2.75) is 0 Å². The van der Waals surface area contributed by atoms with Crippen LogP contribution >= 0.6 is 11.6 Å². The lowest BCUT2D eigenvalue weighted by molar-refractivity contribution is 0.111. The smallest absolute Gasteiger partial charge is 0.261 e. The van der Waals surface area contributed by atoms with Crippen LogP contribution in [0.5, 0.6) is 5.88 Å². The van der Waals surface area contributed by atoms with Gasteiger partial charge in [-0.05, 0) is 12.1 Å². The first-order valence-corrected chi connectivity index (χ1v) is 5.50. The van der Waals surface area contributed by atoms with Gasteiger partial charge in [-0.25, -0.2) is 9.97 Å². The van der Waals surface area contributed by atoms with Gasteiger partial charge in [-0.15, -0.1) is 0 Å². The van der Waals surface area contributed by atoms with Crippen molar-refractivity contribution >= 4 is 23.7 Å². The lowest BCUT2D eigenvalue weighted by Gasteiger charge is -2.05. The average Bonchev–Trinajstić information content (AvgIpc) is 2.41. The molecule has 0 spiro atoms. The van der Waals surface area contributed by atoms with Crippen molar-refractivity contribution in [3.8, 4) is 17.3 Å². The van der Waals surface area contributed by atoms with Crippen molar-refractivity contribution in [2.75, 3.05) is 12.8 Å². The first kappa shape index (κ1) is 13.0. The van der Waals surface area contributed by atoms with E-state index in [0.29, 0.717) is 12.2 Å². The fourth-order valence-electron chi connectivity index (χ4n) is 1.43. The highest BCUT2D eigenvalue weighted by atomic mass is 35.5. The van der Waals surface area contributed by atoms with Gasteiger partial charge in [0.05, 0.1) is 12.7 Å². The molecule has 19 heavy (non-hydrogen) atoms. The maximum Gasteiger partial charge on any atom is 0.261 e. The van der Waals surface area contributed by atoms with Crippen molar-refractivity contribution in [3.05, 3.63) is 33.2 Å². The number of halogens is 1. The van der Waals surface area contributed by atoms with Crippen LogP contribution in [0.25, 0.3) is 11.4 Å². The van der Waals surface area contributed by atoms with Crippen molar-refractivity contribution in [3.63, 3.8) is 0 Å². The zero-order chi connectivity index (χ0) is 14.0. The molecule has 0 radical (unpaired) electrons. The van der Waals surface area contributed by atoms with Crippen LogP contribution in [0.15, 0.2) is 16.9 Å². The number of anilines is 1. The lowest BCUT2D eigenvalue weighted by Crippen LogP contribution is -2.12. The topological polar surface area (TPSA) is 111 Å². The van der Waals surface area contributed by atoms with Gasteiger partial charge in [0.1, 0.15) is 16.5 Å². The first-order valence-electron chi connectivity index (χ1n) is 5.12. The predicted octanol–water partition coefficient (Wildman–Crippen LogP) is 0.889. The molecule has 0 bridgehead atoms. The second kappa shape index (κ2) is 5.07. The Hall–Kier alpha value is -2.41. The van der Waals surface area contributed by atoms with Crippen LogP contribution < -0.4 is 16.0 Å². The van der Waals surface area contributed by atoms with E-state index in [1.807, 2.05) is 0 Å². The second-order valence-electron chi connectivity index (χ2n) is 3.52. The number of aldehydes is 1. The summed E-state index contributed by atoms with van der Waals surface area (Å²) in [5.74, 6) is 0.253. The molecule has 0 saturated carbocycles. The van der Waals surface area contributed by atoms with Crippen molar-refractivity contribution in [1.82, 2.24) is 15.0 Å². The van der Waals surface area contributed by atoms with Gasteiger partial charge < -0.3 is 10.5 Å². The molecule has 2 aromatic rings. The number of aromatic amines is 1. The average molecular weight is 281 g/mol. The van der Waals surface area contributed by atoms with Crippen LogP contribution in [-0.4, -0.2) is 28.3 Å². The molecular weight excluding hydrogens is 272 g/mol. The molecule has 2 aromatic heterocycles. The molecular formula is C11H9ClN4O3. The second-order valence-corrected chi connectivity index (χ2v) is 3.90. The number of pyridine rings is 1. The van der Waals surface area contributed by atoms with Gasteiger partial charge in [-0.1, -0.05) is 11.6 Å². The highest BCUT2D eigenvalue weighted by molar-refractivity contribution is 6.34. The number of H-pyrrole nitrogens is 1. The van der Waals surface area contributed by atoms with Crippen molar-refractivity contribution < 1.29 is 9.53 Å². The SMILES string of the molecule is COc1ccc(-c2nc(N)c(Cl)c(C=O)n2)c(=O)[nH]1. The normalized spacial score (nSPS) is 10.2. The molecule has 7 nitrogen and oxygen atoms in total. The predicted molar refractivity (Wildman–Crippen MR) is 69.5 cm³/mol. The van der Waals surface area contributed by atoms with E-state index < -0.39 is 5.56 Å². The van der Waals surface area contributed by atoms with Gasteiger partial charge in [-0.2, -0.15) is 0 Å². The van der Waals surface area contributed by atoms with Gasteiger partial charge in [0, 0.05) is 0 Å². The third kappa shape index (κ3) is 2.41. The van der Waals surface area contributed by atoms with E-state index in [1.165, 1.54) is 19.2 Å². The summed E-state index contributed by atoms with van der Waals surface area (Å²) in [4.78, 5) is 32.9. The Morgan fingerprint density at radius 3 is 2.74 bits per heavy atom. The Balaban J connectivity index is 2.62. The third-order valence-electron chi connectivity index (χ3n) is 2.36. The Kier molecular flexibility index (Phi) is 3.48. The number of nitrogens with one attached hydrogen (secondary N) is 1. The fourth-order valence-corrected chi connectivity index (χ4v) is 1.56. The number of nitrogen functional groups attached to an aromatic ring is 1. The number of hydrogen-bond donors (Lipinski definition) is 2. The van der Waals surface area contributed by atoms with Gasteiger partial charge in [0.2, 0.25) is 0 Å². The summed E-state index contributed by atoms with van der Waals surface area (Å²) in [6.07, 6.45) is 0.446. The minimum atomic E-state index is -0.460. The fraction of sp³-hybridized carbons (Fsp3) is 0.0909. The molecule has 0 aliphatic rings. The number of hydrogen-bond acceptors (Lipinski definition) is 6. The standard InChI is InChI=1S/C11H9ClN4O3/c1-19-7-3-2-5(11(18)15-7)10-14-6(4-17)8(12)9(13)16-10/h2-4H,1H3,(H,15,18)(H2,13,14,16). The number of rotatable bonds is 3. The quantitative estimate of drug-likeness (QED) is 0.808. The molecule has 0 atom stereocenters. The van der Waals surface area contributed by atoms with Crippen molar-refractivity contribution in [2.24, 2.45) is 0 Å². The van der Waals surface area contributed by atoms with E-state index in [2.05, 4.69) is 15.0 Å². The maximum absolute atomic E-state index is 11.8. The monoisotopic (exact) mass is 280 g/mol. The van der Waals surface area contributed by atoms with Crippen LogP contribution in [0.3, 0.4) is 0 Å². The zero-order valence-electron chi connectivity index (χ0n) is 9.81. The summed E-state index contributed by atoms with van der Waals surface area (Å²) in [6.45, 7) is 0. The molecule has 98 valence electrons. The number of aromatic nitrogens is 3. The summed E-state index contributed by atoms with van der Waals surface area (Å²) in [5, 5.41) is -0.0382. The molecule has 8 heteroatoms. The lowest BCUT2D eigenvalue weighted by atomic mass is 10.2. The van der Waals surface area contributed by atoms with Crippen LogP contribution in [0.2, 0.25) is 5.02 Å². The van der Waals surface area contributed by atoms with Crippen LogP contribution in [-0.2, 0) is 0 Å². The molecule has 2 heterocycles. The summed E-state index contributed by atoms with van der Waals surface area (Å²) in [6, 6.07) is 3.00. The Bertz CT molecular complexity index is 699. The van der Waals surface area contributed by atoms with E-state index in [9.17, 15) is 9.59 Å². The van der Waals surface area contributed by atoms with Gasteiger partial charge >= 0.3 is 0 Å². The highest BCUT2D eigenvalue weighted by Crippen LogP contribution is 2.22.